The summed E-state index contributed by atoms with van der Waals surface area (Å²) in [5, 5.41) is 12.6. The Balaban J connectivity index is 2.31. The van der Waals surface area contributed by atoms with E-state index >= 15 is 0 Å². The number of carboxylic acid groups (broad SMARTS) is 1. The lowest BCUT2D eigenvalue weighted by molar-refractivity contribution is 0.0698. The first-order valence-electron chi connectivity index (χ1n) is 7.85. The minimum absolute atomic E-state index is 0.127. The highest BCUT2D eigenvalue weighted by Gasteiger charge is 2.25. The summed E-state index contributed by atoms with van der Waals surface area (Å²) in [5.74, 6) is -1.04. The first-order valence-corrected chi connectivity index (χ1v) is 9.74. The van der Waals surface area contributed by atoms with Gasteiger partial charge in [-0.3, -0.25) is 10.2 Å². The number of rotatable bonds is 4. The Morgan fingerprint density at radius 3 is 2.32 bits per heavy atom. The second-order valence-electron chi connectivity index (χ2n) is 6.56. The molecule has 0 aliphatic heterocycles. The minimum Gasteiger partial charge on any atom is -0.478 e. The van der Waals surface area contributed by atoms with E-state index in [1.807, 2.05) is 52.0 Å². The van der Waals surface area contributed by atoms with E-state index in [0.717, 1.165) is 14.1 Å². The number of hydrogen-bond acceptors (Lipinski definition) is 3. The van der Waals surface area contributed by atoms with Gasteiger partial charge in [0.2, 0.25) is 0 Å². The maximum Gasteiger partial charge on any atom is 0.338 e. The maximum absolute atomic E-state index is 12.7. The van der Waals surface area contributed by atoms with Crippen LogP contribution in [-0.4, -0.2) is 23.7 Å². The summed E-state index contributed by atoms with van der Waals surface area (Å²) in [6, 6.07) is 8.91. The van der Waals surface area contributed by atoms with E-state index in [2.05, 4.69) is 27.9 Å². The number of carbonyl (C=O) groups is 2. The van der Waals surface area contributed by atoms with Crippen molar-refractivity contribution in [2.24, 2.45) is 0 Å². The maximum atomic E-state index is 12.7. The molecule has 1 heterocycles. The predicted molar refractivity (Wildman–Crippen MR) is 111 cm³/mol. The summed E-state index contributed by atoms with van der Waals surface area (Å²) in [6.07, 6.45) is 0. The number of halogens is 1. The fraction of sp³-hybridized carbons (Fsp3) is 0.333. The van der Waals surface area contributed by atoms with Crippen molar-refractivity contribution in [3.8, 4) is 0 Å². The fourth-order valence-corrected chi connectivity index (χ4v) is 3.70. The van der Waals surface area contributed by atoms with Crippen LogP contribution in [0, 0.1) is 3.57 Å². The number of carboxylic acids is 1. The Hall–Kier alpha value is -1.61. The van der Waals surface area contributed by atoms with Gasteiger partial charge in [-0.05, 0) is 65.3 Å². The van der Waals surface area contributed by atoms with Crippen LogP contribution in [0.2, 0.25) is 0 Å². The van der Waals surface area contributed by atoms with Gasteiger partial charge in [0.1, 0.15) is 5.00 Å². The minimum atomic E-state index is -1.04. The van der Waals surface area contributed by atoms with Crippen LogP contribution in [0.25, 0.3) is 0 Å². The number of urea groups is 1. The molecule has 0 spiro atoms. The molecule has 134 valence electrons. The van der Waals surface area contributed by atoms with Gasteiger partial charge in [-0.25, -0.2) is 9.59 Å². The topological polar surface area (TPSA) is 69.6 Å². The third kappa shape index (κ3) is 4.72. The molecule has 2 amide bonds. The van der Waals surface area contributed by atoms with Gasteiger partial charge in [0.15, 0.2) is 0 Å². The fourth-order valence-electron chi connectivity index (χ4n) is 2.24. The molecular formula is C18H21IN2O3S. The highest BCUT2D eigenvalue weighted by molar-refractivity contribution is 14.1. The van der Waals surface area contributed by atoms with Crippen molar-refractivity contribution in [2.75, 3.05) is 16.8 Å². The molecule has 1 aromatic heterocycles. The molecule has 2 rings (SSSR count). The molecule has 7 heteroatoms. The zero-order chi connectivity index (χ0) is 18.8. The SMILES string of the molecule is CCN(C(=O)Nc1sc(C(C)(C)C)cc1C(=O)O)c1ccc(I)cc1. The van der Waals surface area contributed by atoms with Crippen molar-refractivity contribution >= 4 is 56.6 Å². The van der Waals surface area contributed by atoms with E-state index in [1.54, 1.807) is 11.0 Å². The Kier molecular flexibility index (Phi) is 6.10. The average molecular weight is 472 g/mol. The molecule has 2 aromatic rings. The number of aromatic carboxylic acids is 1. The van der Waals surface area contributed by atoms with Crippen LogP contribution >= 0.6 is 33.9 Å². The molecule has 2 N–H and O–H groups in total. The molecule has 0 saturated heterocycles. The molecule has 1 aromatic carbocycles. The highest BCUT2D eigenvalue weighted by Crippen LogP contribution is 2.36. The monoisotopic (exact) mass is 472 g/mol. The summed E-state index contributed by atoms with van der Waals surface area (Å²) >= 11 is 3.51. The quantitative estimate of drug-likeness (QED) is 0.585. The van der Waals surface area contributed by atoms with Gasteiger partial charge < -0.3 is 5.11 Å². The summed E-state index contributed by atoms with van der Waals surface area (Å²) < 4.78 is 1.08. The molecule has 0 atom stereocenters. The largest absolute Gasteiger partial charge is 0.478 e. The molecule has 0 bridgehead atoms. The molecule has 0 fully saturated rings. The number of amides is 2. The number of carbonyl (C=O) groups excluding carboxylic acids is 1. The molecule has 0 saturated carbocycles. The van der Waals surface area contributed by atoms with Crippen LogP contribution in [0.5, 0.6) is 0 Å². The van der Waals surface area contributed by atoms with E-state index in [0.29, 0.717) is 11.5 Å². The number of hydrogen-bond donors (Lipinski definition) is 2. The van der Waals surface area contributed by atoms with E-state index in [1.165, 1.54) is 11.3 Å². The van der Waals surface area contributed by atoms with Crippen LogP contribution in [0.15, 0.2) is 30.3 Å². The number of thiophene rings is 1. The smallest absolute Gasteiger partial charge is 0.338 e. The van der Waals surface area contributed by atoms with Gasteiger partial charge in [-0.2, -0.15) is 0 Å². The predicted octanol–water partition coefficient (Wildman–Crippen LogP) is 5.41. The van der Waals surface area contributed by atoms with E-state index < -0.39 is 5.97 Å². The molecule has 0 unspecified atom stereocenters. The van der Waals surface area contributed by atoms with Crippen LogP contribution in [0.1, 0.15) is 42.9 Å². The Morgan fingerprint density at radius 1 is 1.24 bits per heavy atom. The molecule has 0 aliphatic carbocycles. The third-order valence-electron chi connectivity index (χ3n) is 3.62. The van der Waals surface area contributed by atoms with Crippen molar-refractivity contribution in [2.45, 2.75) is 33.1 Å². The number of nitrogens with zero attached hydrogens (tertiary/aromatic N) is 1. The average Bonchev–Trinajstić information content (AvgIpc) is 2.94. The first kappa shape index (κ1) is 19.7. The molecule has 5 nitrogen and oxygen atoms in total. The highest BCUT2D eigenvalue weighted by atomic mass is 127. The summed E-state index contributed by atoms with van der Waals surface area (Å²) in [6.45, 7) is 8.40. The lowest BCUT2D eigenvalue weighted by Crippen LogP contribution is -2.34. The second-order valence-corrected chi connectivity index (χ2v) is 8.86. The van der Waals surface area contributed by atoms with Crippen molar-refractivity contribution in [1.29, 1.82) is 0 Å². The number of nitrogens with one attached hydrogen (secondary N) is 1. The number of anilines is 2. The molecular weight excluding hydrogens is 451 g/mol. The first-order chi connectivity index (χ1) is 11.6. The van der Waals surface area contributed by atoms with E-state index in [9.17, 15) is 14.7 Å². The normalized spacial score (nSPS) is 11.2. The zero-order valence-corrected chi connectivity index (χ0v) is 17.6. The van der Waals surface area contributed by atoms with Gasteiger partial charge in [-0.15, -0.1) is 11.3 Å². The second kappa shape index (κ2) is 7.74. The molecule has 25 heavy (non-hydrogen) atoms. The van der Waals surface area contributed by atoms with Crippen molar-refractivity contribution < 1.29 is 14.7 Å². The lowest BCUT2D eigenvalue weighted by atomic mass is 9.94. The standard InChI is InChI=1S/C18H21IN2O3S/c1-5-21(12-8-6-11(19)7-9-12)17(24)20-15-13(16(22)23)10-14(25-15)18(2,3)4/h6-10H,5H2,1-4H3,(H,20,24)(H,22,23). The summed E-state index contributed by atoms with van der Waals surface area (Å²) in [5.41, 5.74) is 0.713. The van der Waals surface area contributed by atoms with Gasteiger partial charge in [0.25, 0.3) is 0 Å². The van der Waals surface area contributed by atoms with E-state index in [4.69, 9.17) is 0 Å². The van der Waals surface area contributed by atoms with Crippen molar-refractivity contribution in [1.82, 2.24) is 0 Å². The van der Waals surface area contributed by atoms with Crippen LogP contribution in [0.3, 0.4) is 0 Å². The van der Waals surface area contributed by atoms with Gasteiger partial charge >= 0.3 is 12.0 Å². The van der Waals surface area contributed by atoms with Crippen molar-refractivity contribution in [3.63, 3.8) is 0 Å². The Labute approximate surface area is 165 Å². The van der Waals surface area contributed by atoms with Crippen LogP contribution in [-0.2, 0) is 5.41 Å². The van der Waals surface area contributed by atoms with Crippen LogP contribution in [0.4, 0.5) is 15.5 Å². The summed E-state index contributed by atoms with van der Waals surface area (Å²) in [4.78, 5) is 26.7. The van der Waals surface area contributed by atoms with Gasteiger partial charge in [-0.1, -0.05) is 20.8 Å². The van der Waals surface area contributed by atoms with Gasteiger partial charge in [0, 0.05) is 20.7 Å². The van der Waals surface area contributed by atoms with Crippen LogP contribution < -0.4 is 10.2 Å². The molecule has 0 radical (unpaired) electrons. The Bertz CT molecular complexity index is 779. The molecule has 0 aliphatic rings. The zero-order valence-electron chi connectivity index (χ0n) is 14.6. The van der Waals surface area contributed by atoms with Crippen molar-refractivity contribution in [3.05, 3.63) is 44.3 Å². The number of benzene rings is 1. The van der Waals surface area contributed by atoms with Gasteiger partial charge in [0.05, 0.1) is 5.56 Å². The third-order valence-corrected chi connectivity index (χ3v) is 5.82. The lowest BCUT2D eigenvalue weighted by Gasteiger charge is -2.21. The summed E-state index contributed by atoms with van der Waals surface area (Å²) in [7, 11) is 0. The Morgan fingerprint density at radius 2 is 1.84 bits per heavy atom. The van der Waals surface area contributed by atoms with E-state index in [-0.39, 0.29) is 17.0 Å².